The first kappa shape index (κ1) is 20.6. The molecule has 0 fully saturated rings. The summed E-state index contributed by atoms with van der Waals surface area (Å²) in [6.07, 6.45) is 0. The lowest BCUT2D eigenvalue weighted by molar-refractivity contribution is 0.0952. The zero-order valence-electron chi connectivity index (χ0n) is 17.1. The van der Waals surface area contributed by atoms with Crippen LogP contribution in [0.3, 0.4) is 0 Å². The van der Waals surface area contributed by atoms with Crippen molar-refractivity contribution in [3.8, 4) is 22.8 Å². The Balaban J connectivity index is 1.53. The van der Waals surface area contributed by atoms with Crippen LogP contribution in [0.5, 0.6) is 11.5 Å². The maximum absolute atomic E-state index is 13.4. The quantitative estimate of drug-likeness (QED) is 0.391. The number of carbonyl (C=O) groups is 1. The number of benzene rings is 3. The van der Waals surface area contributed by atoms with Gasteiger partial charge >= 0.3 is 0 Å². The molecular weight excluding hydrogens is 447 g/mol. The Morgan fingerprint density at radius 3 is 2.69 bits per heavy atom. The summed E-state index contributed by atoms with van der Waals surface area (Å²) in [5.74, 6) is 1.20. The molecule has 160 valence electrons. The normalized spacial score (nSPS) is 12.2. The van der Waals surface area contributed by atoms with Gasteiger partial charge in [-0.25, -0.2) is 4.98 Å². The van der Waals surface area contributed by atoms with Gasteiger partial charge in [0.1, 0.15) is 0 Å². The van der Waals surface area contributed by atoms with E-state index < -0.39 is 0 Å². The van der Waals surface area contributed by atoms with Crippen molar-refractivity contribution in [2.45, 2.75) is 13.5 Å². The zero-order valence-corrected chi connectivity index (χ0v) is 18.6. The van der Waals surface area contributed by atoms with Crippen LogP contribution in [0.2, 0.25) is 10.0 Å². The van der Waals surface area contributed by atoms with E-state index in [1.165, 1.54) is 0 Å². The number of hydrogen-bond donors (Lipinski definition) is 1. The summed E-state index contributed by atoms with van der Waals surface area (Å²) in [5, 5.41) is 4.83. The van der Waals surface area contributed by atoms with E-state index in [4.69, 9.17) is 37.7 Å². The lowest BCUT2D eigenvalue weighted by Gasteiger charge is -2.16. The van der Waals surface area contributed by atoms with E-state index in [1.54, 1.807) is 12.1 Å². The number of nitrogens with one attached hydrogen (secondary N) is 1. The highest BCUT2D eigenvalue weighted by Gasteiger charge is 2.20. The molecule has 3 aromatic carbocycles. The highest BCUT2D eigenvalue weighted by atomic mass is 35.5. The summed E-state index contributed by atoms with van der Waals surface area (Å²) in [6, 6.07) is 18.5. The minimum absolute atomic E-state index is 0.190. The lowest BCUT2D eigenvalue weighted by atomic mass is 9.97. The van der Waals surface area contributed by atoms with Crippen molar-refractivity contribution < 1.29 is 14.3 Å². The van der Waals surface area contributed by atoms with Gasteiger partial charge in [-0.15, -0.1) is 0 Å². The van der Waals surface area contributed by atoms with Crippen molar-refractivity contribution in [2.75, 3.05) is 6.79 Å². The Bertz CT molecular complexity index is 1370. The van der Waals surface area contributed by atoms with E-state index in [2.05, 4.69) is 5.32 Å². The fraction of sp³-hybridized carbons (Fsp3) is 0.120. The molecule has 5 rings (SSSR count). The fourth-order valence-corrected chi connectivity index (χ4v) is 4.36. The van der Waals surface area contributed by atoms with E-state index in [-0.39, 0.29) is 12.7 Å². The first-order valence-corrected chi connectivity index (χ1v) is 10.8. The van der Waals surface area contributed by atoms with Gasteiger partial charge in [0, 0.05) is 22.5 Å². The molecule has 1 amide bonds. The molecule has 7 heteroatoms. The number of amides is 1. The number of halogens is 2. The molecule has 0 bridgehead atoms. The predicted octanol–water partition coefficient (Wildman–Crippen LogP) is 6.18. The van der Waals surface area contributed by atoms with E-state index in [9.17, 15) is 4.79 Å². The minimum Gasteiger partial charge on any atom is -0.454 e. The van der Waals surface area contributed by atoms with Crippen LogP contribution in [0.15, 0.2) is 60.7 Å². The fourth-order valence-electron chi connectivity index (χ4n) is 3.87. The van der Waals surface area contributed by atoms with Gasteiger partial charge in [0.05, 0.1) is 21.8 Å². The molecule has 1 aliphatic heterocycles. The number of para-hydroxylation sites is 1. The third kappa shape index (κ3) is 3.74. The molecule has 0 atom stereocenters. The van der Waals surface area contributed by atoms with Crippen molar-refractivity contribution in [1.29, 1.82) is 0 Å². The number of fused-ring (bicyclic) bond motifs is 2. The molecule has 5 nitrogen and oxygen atoms in total. The smallest absolute Gasteiger partial charge is 0.252 e. The molecule has 1 aromatic heterocycles. The Morgan fingerprint density at radius 2 is 1.84 bits per heavy atom. The van der Waals surface area contributed by atoms with Crippen LogP contribution >= 0.6 is 23.2 Å². The molecule has 1 N–H and O–H groups in total. The molecule has 32 heavy (non-hydrogen) atoms. The molecule has 0 spiro atoms. The van der Waals surface area contributed by atoms with E-state index in [0.29, 0.717) is 44.9 Å². The van der Waals surface area contributed by atoms with Crippen molar-refractivity contribution >= 4 is 40.0 Å². The van der Waals surface area contributed by atoms with E-state index >= 15 is 0 Å². The van der Waals surface area contributed by atoms with Crippen LogP contribution in [-0.4, -0.2) is 17.7 Å². The van der Waals surface area contributed by atoms with Gasteiger partial charge in [0.2, 0.25) is 6.79 Å². The maximum Gasteiger partial charge on any atom is 0.252 e. The summed E-state index contributed by atoms with van der Waals surface area (Å²) >= 11 is 12.5. The Hall–Kier alpha value is -3.28. The van der Waals surface area contributed by atoms with Gasteiger partial charge in [-0.1, -0.05) is 47.5 Å². The predicted molar refractivity (Wildman–Crippen MR) is 126 cm³/mol. The summed E-state index contributed by atoms with van der Waals surface area (Å²) in [6.45, 7) is 2.45. The van der Waals surface area contributed by atoms with Crippen LogP contribution in [0.4, 0.5) is 0 Å². The topological polar surface area (TPSA) is 60.5 Å². The second-order valence-corrected chi connectivity index (χ2v) is 8.32. The molecule has 1 aliphatic rings. The Morgan fingerprint density at radius 1 is 1.03 bits per heavy atom. The Kier molecular flexibility index (Phi) is 5.37. The van der Waals surface area contributed by atoms with Crippen molar-refractivity contribution in [2.24, 2.45) is 0 Å². The van der Waals surface area contributed by atoms with Gasteiger partial charge in [0.25, 0.3) is 5.91 Å². The first-order valence-electron chi connectivity index (χ1n) is 10.0. The summed E-state index contributed by atoms with van der Waals surface area (Å²) in [4.78, 5) is 18.2. The molecular formula is C25H18Cl2N2O3. The largest absolute Gasteiger partial charge is 0.454 e. The SMILES string of the molecule is Cc1c(-c2ccc(Cl)cc2Cl)nc2ccccc2c1C(=O)NCc1ccc2c(c1)OCO2. The lowest BCUT2D eigenvalue weighted by Crippen LogP contribution is -2.24. The summed E-state index contributed by atoms with van der Waals surface area (Å²) in [5.41, 5.74) is 4.32. The van der Waals surface area contributed by atoms with Gasteiger partial charge < -0.3 is 14.8 Å². The van der Waals surface area contributed by atoms with Crippen LogP contribution in [0.1, 0.15) is 21.5 Å². The number of pyridine rings is 1. The van der Waals surface area contributed by atoms with Gasteiger partial charge in [-0.2, -0.15) is 0 Å². The molecule has 0 aliphatic carbocycles. The highest BCUT2D eigenvalue weighted by molar-refractivity contribution is 6.36. The van der Waals surface area contributed by atoms with E-state index in [0.717, 1.165) is 22.1 Å². The van der Waals surface area contributed by atoms with Crippen LogP contribution in [-0.2, 0) is 6.54 Å². The standard InChI is InChI=1S/C25H18Cl2N2O3/c1-14-23(25(30)28-12-15-6-9-21-22(10-15)32-13-31-21)18-4-2-3-5-20(18)29-24(14)17-8-7-16(26)11-19(17)27/h2-11H,12-13H2,1H3,(H,28,30). The molecule has 0 unspecified atom stereocenters. The molecule has 0 radical (unpaired) electrons. The van der Waals surface area contributed by atoms with Crippen molar-refractivity contribution in [1.82, 2.24) is 10.3 Å². The molecule has 2 heterocycles. The monoisotopic (exact) mass is 464 g/mol. The van der Waals surface area contributed by atoms with Crippen LogP contribution in [0, 0.1) is 6.92 Å². The van der Waals surface area contributed by atoms with Crippen molar-refractivity contribution in [3.05, 3.63) is 87.4 Å². The third-order valence-corrected chi connectivity index (χ3v) is 5.99. The number of ether oxygens (including phenoxy) is 2. The number of aromatic nitrogens is 1. The second kappa shape index (κ2) is 8.34. The third-order valence-electron chi connectivity index (χ3n) is 5.44. The zero-order chi connectivity index (χ0) is 22.2. The van der Waals surface area contributed by atoms with E-state index in [1.807, 2.05) is 55.5 Å². The highest BCUT2D eigenvalue weighted by Crippen LogP contribution is 2.35. The number of nitrogens with zero attached hydrogens (tertiary/aromatic N) is 1. The van der Waals surface area contributed by atoms with Gasteiger partial charge in [-0.3, -0.25) is 4.79 Å². The average molecular weight is 465 g/mol. The molecule has 0 saturated heterocycles. The number of rotatable bonds is 4. The van der Waals surface area contributed by atoms with Crippen molar-refractivity contribution in [3.63, 3.8) is 0 Å². The summed E-state index contributed by atoms with van der Waals surface area (Å²) < 4.78 is 10.8. The van der Waals surface area contributed by atoms with Gasteiger partial charge in [-0.05, 0) is 54.4 Å². The molecule has 4 aromatic rings. The summed E-state index contributed by atoms with van der Waals surface area (Å²) in [7, 11) is 0. The number of carbonyl (C=O) groups excluding carboxylic acids is 1. The van der Waals surface area contributed by atoms with Gasteiger partial charge in [0.15, 0.2) is 11.5 Å². The molecule has 0 saturated carbocycles. The average Bonchev–Trinajstić information content (AvgIpc) is 3.25. The minimum atomic E-state index is -0.190. The second-order valence-electron chi connectivity index (χ2n) is 7.47. The van der Waals surface area contributed by atoms with Crippen LogP contribution in [0.25, 0.3) is 22.2 Å². The Labute approximate surface area is 194 Å². The maximum atomic E-state index is 13.4. The number of hydrogen-bond acceptors (Lipinski definition) is 4. The van der Waals surface area contributed by atoms with Crippen LogP contribution < -0.4 is 14.8 Å². The first-order chi connectivity index (χ1) is 15.5.